The van der Waals surface area contributed by atoms with Gasteiger partial charge in [-0.05, 0) is 19.4 Å². The smallest absolute Gasteiger partial charge is 0.0770 e. The zero-order chi connectivity index (χ0) is 9.80. The molecule has 0 spiro atoms. The second kappa shape index (κ2) is 4.45. The molecule has 14 heavy (non-hydrogen) atoms. The van der Waals surface area contributed by atoms with Crippen LogP contribution >= 0.6 is 0 Å². The van der Waals surface area contributed by atoms with E-state index in [0.717, 1.165) is 18.5 Å². The fraction of sp³-hybridized carbons (Fsp3) is 0.556. The molecule has 2 atom stereocenters. The van der Waals surface area contributed by atoms with Gasteiger partial charge >= 0.3 is 0 Å². The fourth-order valence-electron chi connectivity index (χ4n) is 1.70. The van der Waals surface area contributed by atoms with Gasteiger partial charge in [0.2, 0.25) is 0 Å². The zero-order valence-corrected chi connectivity index (χ0v) is 7.98. The number of nitrogens with zero attached hydrogens (tertiary/aromatic N) is 2. The van der Waals surface area contributed by atoms with Crippen LogP contribution in [0.2, 0.25) is 0 Å². The molecule has 1 aliphatic rings. The van der Waals surface area contributed by atoms with E-state index in [0.29, 0.717) is 12.6 Å². The number of hydrogen-bond acceptors (Lipinski definition) is 5. The van der Waals surface area contributed by atoms with Crippen molar-refractivity contribution in [1.29, 1.82) is 0 Å². The van der Waals surface area contributed by atoms with Crippen molar-refractivity contribution in [2.45, 2.75) is 24.9 Å². The van der Waals surface area contributed by atoms with Crippen LogP contribution < -0.4 is 16.6 Å². The Kier molecular flexibility index (Phi) is 3.03. The summed E-state index contributed by atoms with van der Waals surface area (Å²) < 4.78 is 0. The molecule has 0 radical (unpaired) electrons. The summed E-state index contributed by atoms with van der Waals surface area (Å²) in [5.41, 5.74) is 12.9. The first-order valence-corrected chi connectivity index (χ1v) is 4.87. The maximum Gasteiger partial charge on any atom is 0.0770 e. The van der Waals surface area contributed by atoms with E-state index in [1.165, 1.54) is 0 Å². The number of aromatic nitrogens is 2. The van der Waals surface area contributed by atoms with Gasteiger partial charge in [0.15, 0.2) is 0 Å². The molecule has 1 aliphatic heterocycles. The highest BCUT2D eigenvalue weighted by molar-refractivity contribution is 5.04. The molecule has 0 amide bonds. The minimum Gasteiger partial charge on any atom is -0.330 e. The van der Waals surface area contributed by atoms with Crippen LogP contribution in [0, 0.1) is 0 Å². The first-order chi connectivity index (χ1) is 6.90. The molecule has 1 aromatic rings. The van der Waals surface area contributed by atoms with Crippen LogP contribution in [0.15, 0.2) is 18.6 Å². The second-order valence-electron chi connectivity index (χ2n) is 3.48. The van der Waals surface area contributed by atoms with E-state index in [1.54, 1.807) is 18.6 Å². The Morgan fingerprint density at radius 1 is 1.43 bits per heavy atom. The van der Waals surface area contributed by atoms with Crippen molar-refractivity contribution >= 4 is 0 Å². The molecule has 1 fully saturated rings. The number of hydrazine groups is 1. The zero-order valence-electron chi connectivity index (χ0n) is 7.98. The highest BCUT2D eigenvalue weighted by Crippen LogP contribution is 2.20. The summed E-state index contributed by atoms with van der Waals surface area (Å²) in [7, 11) is 0. The average Bonchev–Trinajstić information content (AvgIpc) is 2.68. The Morgan fingerprint density at radius 3 is 3.07 bits per heavy atom. The summed E-state index contributed by atoms with van der Waals surface area (Å²) >= 11 is 0. The van der Waals surface area contributed by atoms with Crippen molar-refractivity contribution in [1.82, 2.24) is 20.8 Å². The summed E-state index contributed by atoms with van der Waals surface area (Å²) in [6.45, 7) is 0.715. The normalized spacial score (nSPS) is 26.6. The van der Waals surface area contributed by atoms with E-state index < -0.39 is 0 Å². The Bertz CT molecular complexity index is 276. The van der Waals surface area contributed by atoms with Gasteiger partial charge in [-0.25, -0.2) is 5.43 Å². The van der Waals surface area contributed by atoms with Gasteiger partial charge in [-0.3, -0.25) is 15.4 Å². The number of nitrogens with two attached hydrogens (primary N) is 1. The lowest BCUT2D eigenvalue weighted by Crippen LogP contribution is -2.32. The van der Waals surface area contributed by atoms with E-state index in [4.69, 9.17) is 5.73 Å². The molecule has 2 rings (SSSR count). The molecule has 1 aromatic heterocycles. The van der Waals surface area contributed by atoms with Crippen molar-refractivity contribution in [3.05, 3.63) is 24.3 Å². The average molecular weight is 193 g/mol. The van der Waals surface area contributed by atoms with Crippen LogP contribution in [-0.2, 0) is 0 Å². The van der Waals surface area contributed by atoms with Gasteiger partial charge in [-0.15, -0.1) is 0 Å². The van der Waals surface area contributed by atoms with E-state index in [1.807, 2.05) is 0 Å². The van der Waals surface area contributed by atoms with E-state index >= 15 is 0 Å². The third kappa shape index (κ3) is 2.06. The van der Waals surface area contributed by atoms with Crippen molar-refractivity contribution in [3.8, 4) is 0 Å². The lowest BCUT2D eigenvalue weighted by molar-refractivity contribution is 0.519. The third-order valence-corrected chi connectivity index (χ3v) is 2.44. The van der Waals surface area contributed by atoms with Crippen LogP contribution in [0.3, 0.4) is 0 Å². The Labute approximate surface area is 83.1 Å². The van der Waals surface area contributed by atoms with Crippen molar-refractivity contribution in [3.63, 3.8) is 0 Å². The molecule has 2 heterocycles. The topological polar surface area (TPSA) is 75.9 Å². The van der Waals surface area contributed by atoms with Gasteiger partial charge in [-0.1, -0.05) is 0 Å². The molecule has 0 saturated carbocycles. The summed E-state index contributed by atoms with van der Waals surface area (Å²) in [5, 5.41) is 0. The van der Waals surface area contributed by atoms with Gasteiger partial charge in [0.05, 0.1) is 17.9 Å². The van der Waals surface area contributed by atoms with Crippen LogP contribution in [0.5, 0.6) is 0 Å². The number of hydrogen-bond donors (Lipinski definition) is 3. The van der Waals surface area contributed by atoms with Gasteiger partial charge < -0.3 is 5.73 Å². The minimum absolute atomic E-state index is 0.264. The number of rotatable bonds is 3. The highest BCUT2D eigenvalue weighted by atomic mass is 15.4. The first-order valence-electron chi connectivity index (χ1n) is 4.87. The minimum atomic E-state index is 0.264. The van der Waals surface area contributed by atoms with E-state index in [-0.39, 0.29) is 6.04 Å². The highest BCUT2D eigenvalue weighted by Gasteiger charge is 2.24. The molecule has 4 N–H and O–H groups in total. The molecule has 1 saturated heterocycles. The third-order valence-electron chi connectivity index (χ3n) is 2.44. The summed E-state index contributed by atoms with van der Waals surface area (Å²) in [5.74, 6) is 0. The van der Waals surface area contributed by atoms with Crippen LogP contribution in [-0.4, -0.2) is 22.6 Å². The quantitative estimate of drug-likeness (QED) is 0.616. The van der Waals surface area contributed by atoms with Crippen LogP contribution in [0.1, 0.15) is 24.6 Å². The van der Waals surface area contributed by atoms with E-state index in [9.17, 15) is 0 Å². The molecule has 0 aliphatic carbocycles. The van der Waals surface area contributed by atoms with Crippen molar-refractivity contribution < 1.29 is 0 Å². The van der Waals surface area contributed by atoms with Gasteiger partial charge in [0.1, 0.15) is 0 Å². The Hall–Kier alpha value is -1.04. The molecule has 0 aromatic carbocycles. The standard InChI is InChI=1S/C9H15N5/c10-2-1-7-5-8(14-13-7)9-6-11-3-4-12-9/h3-4,6-8,13-14H,1-2,5,10H2. The van der Waals surface area contributed by atoms with Crippen molar-refractivity contribution in [2.75, 3.05) is 6.54 Å². The molecular formula is C9H15N5. The molecular weight excluding hydrogens is 178 g/mol. The first kappa shape index (κ1) is 9.51. The van der Waals surface area contributed by atoms with Crippen molar-refractivity contribution in [2.24, 2.45) is 5.73 Å². The second-order valence-corrected chi connectivity index (χ2v) is 3.48. The summed E-state index contributed by atoms with van der Waals surface area (Å²) in [4.78, 5) is 8.30. The van der Waals surface area contributed by atoms with Crippen LogP contribution in [0.25, 0.3) is 0 Å². The molecule has 76 valence electrons. The largest absolute Gasteiger partial charge is 0.330 e. The van der Waals surface area contributed by atoms with Gasteiger partial charge in [-0.2, -0.15) is 0 Å². The molecule has 5 heteroatoms. The predicted octanol–water partition coefficient (Wildman–Crippen LogP) is -0.267. The maximum absolute atomic E-state index is 5.50. The van der Waals surface area contributed by atoms with Gasteiger partial charge in [0, 0.05) is 18.4 Å². The number of nitrogens with one attached hydrogen (secondary N) is 2. The predicted molar refractivity (Wildman–Crippen MR) is 53.1 cm³/mol. The lowest BCUT2D eigenvalue weighted by atomic mass is 10.1. The Balaban J connectivity index is 1.96. The Morgan fingerprint density at radius 2 is 2.36 bits per heavy atom. The summed E-state index contributed by atoms with van der Waals surface area (Å²) in [6.07, 6.45) is 7.21. The summed E-state index contributed by atoms with van der Waals surface area (Å²) in [6, 6.07) is 0.715. The lowest BCUT2D eigenvalue weighted by Gasteiger charge is -2.06. The molecule has 2 unspecified atom stereocenters. The fourth-order valence-corrected chi connectivity index (χ4v) is 1.70. The van der Waals surface area contributed by atoms with E-state index in [2.05, 4.69) is 20.8 Å². The molecule has 5 nitrogen and oxygen atoms in total. The monoisotopic (exact) mass is 193 g/mol. The van der Waals surface area contributed by atoms with Crippen LogP contribution in [0.4, 0.5) is 0 Å². The maximum atomic E-state index is 5.50. The SMILES string of the molecule is NCCC1CC(c2cnccn2)NN1. The van der Waals surface area contributed by atoms with Gasteiger partial charge in [0.25, 0.3) is 0 Å². The molecule has 0 bridgehead atoms.